The van der Waals surface area contributed by atoms with Crippen LogP contribution in [0.4, 0.5) is 8.78 Å². The SMILES string of the molecule is CCCC1CCC(c2ccc(C(F)c3ccc(C[C@H](C)C4=CC=CCC4)cc3)c(F)c2)CC1. The third kappa shape index (κ3) is 6.02. The van der Waals surface area contributed by atoms with Crippen molar-refractivity contribution in [1.29, 1.82) is 0 Å². The molecule has 0 aromatic heterocycles. The third-order valence-electron chi connectivity index (χ3n) is 7.81. The molecule has 0 N–H and O–H groups in total. The van der Waals surface area contributed by atoms with Gasteiger partial charge in [0.1, 0.15) is 5.82 Å². The van der Waals surface area contributed by atoms with E-state index in [1.165, 1.54) is 36.8 Å². The summed E-state index contributed by atoms with van der Waals surface area (Å²) in [5.41, 5.74) is 4.39. The van der Waals surface area contributed by atoms with Gasteiger partial charge in [-0.05, 0) is 85.5 Å². The number of hydrogen-bond donors (Lipinski definition) is 0. The van der Waals surface area contributed by atoms with Gasteiger partial charge in [-0.3, -0.25) is 0 Å². The Morgan fingerprint density at radius 2 is 1.76 bits per heavy atom. The van der Waals surface area contributed by atoms with E-state index in [1.807, 2.05) is 30.3 Å². The zero-order chi connectivity index (χ0) is 23.2. The highest BCUT2D eigenvalue weighted by atomic mass is 19.1. The number of halogens is 2. The molecule has 176 valence electrons. The van der Waals surface area contributed by atoms with Crippen LogP contribution >= 0.6 is 0 Å². The molecule has 2 aliphatic carbocycles. The van der Waals surface area contributed by atoms with E-state index in [0.717, 1.165) is 43.6 Å². The average molecular weight is 449 g/mol. The number of hydrogen-bond acceptors (Lipinski definition) is 0. The van der Waals surface area contributed by atoms with Gasteiger partial charge >= 0.3 is 0 Å². The normalized spacial score (nSPS) is 22.6. The Bertz CT molecular complexity index is 961. The summed E-state index contributed by atoms with van der Waals surface area (Å²) >= 11 is 0. The Kier molecular flexibility index (Phi) is 8.17. The summed E-state index contributed by atoms with van der Waals surface area (Å²) in [6, 6.07) is 12.9. The molecule has 0 saturated heterocycles. The molecule has 33 heavy (non-hydrogen) atoms. The largest absolute Gasteiger partial charge is 0.237 e. The number of benzene rings is 2. The van der Waals surface area contributed by atoms with Gasteiger partial charge in [0.2, 0.25) is 0 Å². The fourth-order valence-electron chi connectivity index (χ4n) is 5.71. The van der Waals surface area contributed by atoms with Crippen molar-refractivity contribution in [3.05, 3.63) is 94.3 Å². The van der Waals surface area contributed by atoms with Crippen molar-refractivity contribution < 1.29 is 8.78 Å². The standard InChI is InChI=1S/C31H38F2/c1-3-7-23-10-14-26(15-11-23)28-18-19-29(30(32)21-28)31(33)27-16-12-24(13-17-27)20-22(2)25-8-5-4-6-9-25/h4-5,8,12-13,16-19,21-23,26,31H,3,6-7,9-11,14-15,20H2,1-2H3/t22-,23?,26?,31?/m0/s1. The molecule has 2 atom stereocenters. The van der Waals surface area contributed by atoms with E-state index in [4.69, 9.17) is 0 Å². The second-order valence-electron chi connectivity index (χ2n) is 10.2. The summed E-state index contributed by atoms with van der Waals surface area (Å²) in [6.07, 6.45) is 15.6. The number of allylic oxidation sites excluding steroid dienone is 4. The fourth-order valence-corrected chi connectivity index (χ4v) is 5.71. The van der Waals surface area contributed by atoms with Gasteiger partial charge in [-0.15, -0.1) is 0 Å². The van der Waals surface area contributed by atoms with Crippen LogP contribution in [0, 0.1) is 17.7 Å². The Morgan fingerprint density at radius 1 is 1.00 bits per heavy atom. The molecule has 0 bridgehead atoms. The van der Waals surface area contributed by atoms with Crippen molar-refractivity contribution in [2.24, 2.45) is 11.8 Å². The van der Waals surface area contributed by atoms with E-state index < -0.39 is 12.0 Å². The fraction of sp³-hybridized carbons (Fsp3) is 0.484. The molecule has 0 aliphatic heterocycles. The first-order valence-corrected chi connectivity index (χ1v) is 12.9. The molecule has 0 heterocycles. The molecule has 2 aromatic rings. The van der Waals surface area contributed by atoms with Crippen molar-refractivity contribution in [3.63, 3.8) is 0 Å². The van der Waals surface area contributed by atoms with Crippen LogP contribution in [0.1, 0.15) is 99.6 Å². The zero-order valence-electron chi connectivity index (χ0n) is 20.2. The smallest absolute Gasteiger partial charge is 0.153 e. The first kappa shape index (κ1) is 23.9. The van der Waals surface area contributed by atoms with E-state index in [1.54, 1.807) is 12.1 Å². The van der Waals surface area contributed by atoms with Gasteiger partial charge in [-0.1, -0.05) is 86.9 Å². The van der Waals surface area contributed by atoms with Crippen molar-refractivity contribution >= 4 is 0 Å². The number of alkyl halides is 1. The van der Waals surface area contributed by atoms with Gasteiger partial charge in [0.05, 0.1) is 0 Å². The van der Waals surface area contributed by atoms with E-state index >= 15 is 4.39 Å². The highest BCUT2D eigenvalue weighted by Gasteiger charge is 2.24. The highest BCUT2D eigenvalue weighted by Crippen LogP contribution is 2.39. The predicted octanol–water partition coefficient (Wildman–Crippen LogP) is 9.41. The quantitative estimate of drug-likeness (QED) is 0.377. The predicted molar refractivity (Wildman–Crippen MR) is 135 cm³/mol. The summed E-state index contributed by atoms with van der Waals surface area (Å²) in [7, 11) is 0. The van der Waals surface area contributed by atoms with Crippen LogP contribution in [0.5, 0.6) is 0 Å². The Balaban J connectivity index is 1.39. The van der Waals surface area contributed by atoms with E-state index in [2.05, 4.69) is 32.1 Å². The van der Waals surface area contributed by atoms with Crippen LogP contribution in [0.2, 0.25) is 0 Å². The summed E-state index contributed by atoms with van der Waals surface area (Å²) in [6.45, 7) is 4.50. The minimum absolute atomic E-state index is 0.152. The lowest BCUT2D eigenvalue weighted by Crippen LogP contribution is -2.13. The molecule has 1 saturated carbocycles. The lowest BCUT2D eigenvalue weighted by Gasteiger charge is -2.29. The monoisotopic (exact) mass is 448 g/mol. The minimum Gasteiger partial charge on any atom is -0.237 e. The lowest BCUT2D eigenvalue weighted by atomic mass is 9.77. The first-order valence-electron chi connectivity index (χ1n) is 12.9. The second-order valence-corrected chi connectivity index (χ2v) is 10.2. The summed E-state index contributed by atoms with van der Waals surface area (Å²) in [5.74, 6) is 1.30. The van der Waals surface area contributed by atoms with Crippen LogP contribution in [-0.2, 0) is 6.42 Å². The van der Waals surface area contributed by atoms with Crippen LogP contribution < -0.4 is 0 Å². The van der Waals surface area contributed by atoms with E-state index in [-0.39, 0.29) is 5.56 Å². The van der Waals surface area contributed by atoms with Crippen LogP contribution in [-0.4, -0.2) is 0 Å². The van der Waals surface area contributed by atoms with Gasteiger partial charge in [-0.25, -0.2) is 8.78 Å². The maximum atomic E-state index is 15.3. The Hall–Kier alpha value is -2.22. The summed E-state index contributed by atoms with van der Waals surface area (Å²) in [4.78, 5) is 0. The first-order chi connectivity index (χ1) is 16.0. The topological polar surface area (TPSA) is 0 Å². The summed E-state index contributed by atoms with van der Waals surface area (Å²) in [5, 5.41) is 0. The number of rotatable bonds is 8. The van der Waals surface area contributed by atoms with Crippen LogP contribution in [0.3, 0.4) is 0 Å². The van der Waals surface area contributed by atoms with Crippen molar-refractivity contribution in [2.45, 2.75) is 83.7 Å². The van der Waals surface area contributed by atoms with Crippen molar-refractivity contribution in [1.82, 2.24) is 0 Å². The molecule has 1 unspecified atom stereocenters. The molecule has 2 heteroatoms. The van der Waals surface area contributed by atoms with Crippen LogP contribution in [0.25, 0.3) is 0 Å². The van der Waals surface area contributed by atoms with E-state index in [0.29, 0.717) is 17.4 Å². The third-order valence-corrected chi connectivity index (χ3v) is 7.81. The second kappa shape index (κ2) is 11.3. The molecule has 0 spiro atoms. The molecule has 4 rings (SSSR count). The maximum Gasteiger partial charge on any atom is 0.153 e. The molecule has 0 radical (unpaired) electrons. The molecule has 2 aliphatic rings. The van der Waals surface area contributed by atoms with Gasteiger partial charge in [-0.2, -0.15) is 0 Å². The Labute approximate surface area is 198 Å². The zero-order valence-corrected chi connectivity index (χ0v) is 20.2. The maximum absolute atomic E-state index is 15.3. The lowest BCUT2D eigenvalue weighted by molar-refractivity contribution is 0.307. The van der Waals surface area contributed by atoms with Gasteiger partial charge in [0.15, 0.2) is 6.17 Å². The van der Waals surface area contributed by atoms with Gasteiger partial charge < -0.3 is 0 Å². The Morgan fingerprint density at radius 3 is 2.39 bits per heavy atom. The molecule has 2 aromatic carbocycles. The molecule has 1 fully saturated rings. The van der Waals surface area contributed by atoms with Crippen molar-refractivity contribution in [2.75, 3.05) is 0 Å². The highest BCUT2D eigenvalue weighted by molar-refractivity contribution is 5.36. The van der Waals surface area contributed by atoms with E-state index in [9.17, 15) is 4.39 Å². The summed E-state index contributed by atoms with van der Waals surface area (Å²) < 4.78 is 30.2. The molecular formula is C31H38F2. The minimum atomic E-state index is -1.43. The van der Waals surface area contributed by atoms with Gasteiger partial charge in [0.25, 0.3) is 0 Å². The average Bonchev–Trinajstić information content (AvgIpc) is 2.85. The molecular weight excluding hydrogens is 410 g/mol. The molecule has 0 amide bonds. The van der Waals surface area contributed by atoms with Crippen LogP contribution in [0.15, 0.2) is 66.3 Å². The van der Waals surface area contributed by atoms with Crippen molar-refractivity contribution in [3.8, 4) is 0 Å². The van der Waals surface area contributed by atoms with Gasteiger partial charge in [0, 0.05) is 5.56 Å². The molecule has 0 nitrogen and oxygen atoms in total.